The second-order valence-corrected chi connectivity index (χ2v) is 7.30. The van der Waals surface area contributed by atoms with Gasteiger partial charge in [0.25, 0.3) is 0 Å². The Morgan fingerprint density at radius 3 is 2.65 bits per heavy atom. The molecule has 0 aliphatic heterocycles. The Kier molecular flexibility index (Phi) is 4.53. The van der Waals surface area contributed by atoms with Crippen LogP contribution in [0.1, 0.15) is 17.8 Å². The van der Waals surface area contributed by atoms with Crippen molar-refractivity contribution >= 4 is 60.5 Å². The van der Waals surface area contributed by atoms with Gasteiger partial charge in [-0.25, -0.2) is 0 Å². The third-order valence-corrected chi connectivity index (χ3v) is 5.55. The molecule has 0 aliphatic rings. The monoisotopic (exact) mass is 393 g/mol. The summed E-state index contributed by atoms with van der Waals surface area (Å²) in [6, 6.07) is 10.2. The lowest BCUT2D eigenvalue weighted by molar-refractivity contribution is 0.907. The Labute approximate surface area is 126 Å². The molecular weight excluding hydrogens is 385 g/mol. The van der Waals surface area contributed by atoms with Crippen molar-refractivity contribution in [2.75, 3.05) is 5.32 Å². The van der Waals surface area contributed by atoms with Gasteiger partial charge in [-0.15, -0.1) is 11.3 Å². The first-order valence-corrected chi connectivity index (χ1v) is 7.82. The highest BCUT2D eigenvalue weighted by Crippen LogP contribution is 2.34. The van der Waals surface area contributed by atoms with Crippen molar-refractivity contribution in [3.63, 3.8) is 0 Å². The topological polar surface area (TPSA) is 12.0 Å². The molecule has 0 amide bonds. The van der Waals surface area contributed by atoms with Crippen LogP contribution in [0.15, 0.2) is 38.6 Å². The molecule has 5 heteroatoms. The van der Waals surface area contributed by atoms with Crippen molar-refractivity contribution in [3.8, 4) is 0 Å². The molecule has 0 spiro atoms. The van der Waals surface area contributed by atoms with Crippen molar-refractivity contribution in [1.29, 1.82) is 0 Å². The Hall–Kier alpha value is -0.0300. The Bertz CT molecular complexity index is 527. The van der Waals surface area contributed by atoms with Gasteiger partial charge in [0.1, 0.15) is 0 Å². The lowest BCUT2D eigenvalue weighted by atomic mass is 10.2. The lowest BCUT2D eigenvalue weighted by Gasteiger charge is -2.15. The molecule has 0 bridgehead atoms. The molecule has 90 valence electrons. The summed E-state index contributed by atoms with van der Waals surface area (Å²) in [6.45, 7) is 2.13. The maximum Gasteiger partial charge on any atom is 0.0702 e. The van der Waals surface area contributed by atoms with Gasteiger partial charge in [0, 0.05) is 4.88 Å². The summed E-state index contributed by atoms with van der Waals surface area (Å²) in [5, 5.41) is 4.16. The van der Waals surface area contributed by atoms with Crippen molar-refractivity contribution in [2.24, 2.45) is 0 Å². The van der Waals surface area contributed by atoms with Gasteiger partial charge in [-0.2, -0.15) is 0 Å². The number of anilines is 1. The normalized spacial score (nSPS) is 12.5. The van der Waals surface area contributed by atoms with E-state index in [1.807, 2.05) is 18.2 Å². The second kappa shape index (κ2) is 5.74. The molecule has 1 aromatic carbocycles. The quantitative estimate of drug-likeness (QED) is 0.662. The third kappa shape index (κ3) is 3.25. The first kappa shape index (κ1) is 13.4. The van der Waals surface area contributed by atoms with Gasteiger partial charge in [0.15, 0.2) is 0 Å². The zero-order valence-electron chi connectivity index (χ0n) is 9.01. The van der Waals surface area contributed by atoms with Gasteiger partial charge >= 0.3 is 0 Å². The predicted molar refractivity (Wildman–Crippen MR) is 83.2 cm³/mol. The van der Waals surface area contributed by atoms with Crippen LogP contribution in [0.2, 0.25) is 5.02 Å². The molecule has 2 aromatic rings. The fourth-order valence-electron chi connectivity index (χ4n) is 1.48. The van der Waals surface area contributed by atoms with E-state index in [1.165, 1.54) is 4.88 Å². The highest BCUT2D eigenvalue weighted by Gasteiger charge is 2.10. The second-order valence-electron chi connectivity index (χ2n) is 3.61. The molecule has 17 heavy (non-hydrogen) atoms. The summed E-state index contributed by atoms with van der Waals surface area (Å²) in [4.78, 5) is 1.28. The van der Waals surface area contributed by atoms with Crippen LogP contribution in [0.5, 0.6) is 0 Å². The average Bonchev–Trinajstić information content (AvgIpc) is 2.72. The molecule has 2 rings (SSSR count). The summed E-state index contributed by atoms with van der Waals surface area (Å²) < 4.78 is 2.05. The Morgan fingerprint density at radius 1 is 1.24 bits per heavy atom. The summed E-state index contributed by atoms with van der Waals surface area (Å²) in [5.41, 5.74) is 1.01. The summed E-state index contributed by atoms with van der Waals surface area (Å²) in [5.74, 6) is 0. The minimum atomic E-state index is 0.251. The minimum absolute atomic E-state index is 0.251. The number of hydrogen-bond acceptors (Lipinski definition) is 2. The van der Waals surface area contributed by atoms with Crippen molar-refractivity contribution < 1.29 is 0 Å². The molecule has 1 aromatic heterocycles. The van der Waals surface area contributed by atoms with E-state index in [0.29, 0.717) is 0 Å². The van der Waals surface area contributed by atoms with E-state index in [-0.39, 0.29) is 6.04 Å². The van der Waals surface area contributed by atoms with Crippen LogP contribution < -0.4 is 5.32 Å². The smallest absolute Gasteiger partial charge is 0.0702 e. The average molecular weight is 396 g/mol. The maximum atomic E-state index is 6.06. The predicted octanol–water partition coefficient (Wildman–Crippen LogP) is 6.10. The van der Waals surface area contributed by atoms with Gasteiger partial charge < -0.3 is 5.32 Å². The molecule has 0 saturated carbocycles. The molecule has 0 aliphatic carbocycles. The Morgan fingerprint density at radius 2 is 2.00 bits per heavy atom. The zero-order chi connectivity index (χ0) is 12.4. The summed E-state index contributed by atoms with van der Waals surface area (Å²) in [7, 11) is 0. The number of hydrogen-bond donors (Lipinski definition) is 1. The molecule has 1 atom stereocenters. The molecule has 1 heterocycles. The standard InChI is InChI=1S/C12H10Br2ClNS/c1-7(10-5-6-11(13)17-10)16-9-4-2-3-8(15)12(9)14/h2-7,16H,1H3. The molecular formula is C12H10Br2ClNS. The SMILES string of the molecule is CC(Nc1cccc(Cl)c1Br)c1ccc(Br)s1. The van der Waals surface area contributed by atoms with Gasteiger partial charge in [0.05, 0.1) is 25.0 Å². The maximum absolute atomic E-state index is 6.06. The van der Waals surface area contributed by atoms with Crippen molar-refractivity contribution in [1.82, 2.24) is 0 Å². The number of rotatable bonds is 3. The van der Waals surface area contributed by atoms with Crippen LogP contribution in [0.25, 0.3) is 0 Å². The fraction of sp³-hybridized carbons (Fsp3) is 0.167. The van der Waals surface area contributed by atoms with Gasteiger partial charge in [-0.05, 0) is 63.0 Å². The van der Waals surface area contributed by atoms with Crippen LogP contribution in [-0.2, 0) is 0 Å². The van der Waals surface area contributed by atoms with Crippen LogP contribution in [0.4, 0.5) is 5.69 Å². The van der Waals surface area contributed by atoms with Crippen molar-refractivity contribution in [3.05, 3.63) is 48.5 Å². The van der Waals surface area contributed by atoms with Crippen LogP contribution >= 0.6 is 54.8 Å². The first-order valence-electron chi connectivity index (χ1n) is 5.03. The highest BCUT2D eigenvalue weighted by atomic mass is 79.9. The van der Waals surface area contributed by atoms with E-state index in [0.717, 1.165) is 19.0 Å². The van der Waals surface area contributed by atoms with Gasteiger partial charge in [-0.1, -0.05) is 17.7 Å². The minimum Gasteiger partial charge on any atom is -0.377 e. The van der Waals surface area contributed by atoms with Crippen molar-refractivity contribution in [2.45, 2.75) is 13.0 Å². The van der Waals surface area contributed by atoms with Gasteiger partial charge in [-0.3, -0.25) is 0 Å². The van der Waals surface area contributed by atoms with Crippen LogP contribution in [0, 0.1) is 0 Å². The van der Waals surface area contributed by atoms with E-state index in [4.69, 9.17) is 11.6 Å². The molecule has 1 unspecified atom stereocenters. The number of halogens is 3. The number of benzene rings is 1. The van der Waals surface area contributed by atoms with E-state index < -0.39 is 0 Å². The van der Waals surface area contributed by atoms with Gasteiger partial charge in [0.2, 0.25) is 0 Å². The largest absolute Gasteiger partial charge is 0.377 e. The molecule has 0 radical (unpaired) electrons. The molecule has 0 fully saturated rings. The highest BCUT2D eigenvalue weighted by molar-refractivity contribution is 9.11. The van der Waals surface area contributed by atoms with E-state index >= 15 is 0 Å². The van der Waals surface area contributed by atoms with Crippen LogP contribution in [-0.4, -0.2) is 0 Å². The van der Waals surface area contributed by atoms with E-state index in [1.54, 1.807) is 11.3 Å². The number of thiophene rings is 1. The van der Waals surface area contributed by atoms with Crippen LogP contribution in [0.3, 0.4) is 0 Å². The Balaban J connectivity index is 2.18. The summed E-state index contributed by atoms with van der Waals surface area (Å²) >= 11 is 14.7. The molecule has 1 nitrogen and oxygen atoms in total. The summed E-state index contributed by atoms with van der Waals surface area (Å²) in [6.07, 6.45) is 0. The zero-order valence-corrected chi connectivity index (χ0v) is 13.8. The third-order valence-electron chi connectivity index (χ3n) is 2.34. The lowest BCUT2D eigenvalue weighted by Crippen LogP contribution is -2.05. The van der Waals surface area contributed by atoms with E-state index in [2.05, 4.69) is 56.2 Å². The van der Waals surface area contributed by atoms with E-state index in [9.17, 15) is 0 Å². The number of nitrogens with one attached hydrogen (secondary N) is 1. The molecule has 0 saturated heterocycles. The molecule has 1 N–H and O–H groups in total. The fourth-order valence-corrected chi connectivity index (χ4v) is 3.46. The first-order chi connectivity index (χ1) is 8.08.